The highest BCUT2D eigenvalue weighted by Crippen LogP contribution is 2.24. The van der Waals surface area contributed by atoms with Crippen LogP contribution in [0.15, 0.2) is 66.7 Å². The van der Waals surface area contributed by atoms with Gasteiger partial charge in [-0.2, -0.15) is 0 Å². The monoisotopic (exact) mass is 680 g/mol. The smallest absolute Gasteiger partial charge is 0.328 e. The highest BCUT2D eigenvalue weighted by molar-refractivity contribution is 5.94. The van der Waals surface area contributed by atoms with Gasteiger partial charge in [0.25, 0.3) is 5.91 Å². The molecule has 0 saturated carbocycles. The van der Waals surface area contributed by atoms with Crippen molar-refractivity contribution in [2.45, 2.75) is 32.9 Å². The summed E-state index contributed by atoms with van der Waals surface area (Å²) in [5.41, 5.74) is 1.42. The largest absolute Gasteiger partial charge is 0.487 e. The lowest BCUT2D eigenvalue weighted by molar-refractivity contribution is -0.140. The van der Waals surface area contributed by atoms with Crippen molar-refractivity contribution < 1.29 is 43.3 Å². The number of halogens is 1. The highest BCUT2D eigenvalue weighted by atomic mass is 19.1. The van der Waals surface area contributed by atoms with Crippen molar-refractivity contribution in [3.63, 3.8) is 0 Å². The van der Waals surface area contributed by atoms with E-state index in [4.69, 9.17) is 19.7 Å². The number of rotatable bonds is 11. The van der Waals surface area contributed by atoms with Gasteiger partial charge in [-0.1, -0.05) is 37.3 Å². The summed E-state index contributed by atoms with van der Waals surface area (Å²) in [5, 5.41) is 27.7. The van der Waals surface area contributed by atoms with E-state index in [0.29, 0.717) is 76.0 Å². The number of carbonyl (C=O) groups is 4. The fourth-order valence-corrected chi connectivity index (χ4v) is 5.51. The predicted molar refractivity (Wildman–Crippen MR) is 175 cm³/mol. The van der Waals surface area contributed by atoms with Crippen molar-refractivity contribution in [3.05, 3.63) is 84.0 Å². The van der Waals surface area contributed by atoms with Crippen LogP contribution in [0.4, 0.5) is 4.39 Å². The molecule has 262 valence electrons. The molecule has 2 atom stereocenters. The Labute approximate surface area is 283 Å². The molecule has 3 heterocycles. The molecule has 15 heteroatoms. The summed E-state index contributed by atoms with van der Waals surface area (Å²) in [7, 11) is 0. The van der Waals surface area contributed by atoms with Crippen LogP contribution >= 0.6 is 0 Å². The second-order valence-electron chi connectivity index (χ2n) is 11.9. The van der Waals surface area contributed by atoms with Crippen LogP contribution in [0.1, 0.15) is 36.5 Å². The summed E-state index contributed by atoms with van der Waals surface area (Å²) < 4.78 is 26.4. The molecule has 0 radical (unpaired) electrons. The molecular formula is C34H41FN6O8. The minimum atomic E-state index is -1.26. The van der Waals surface area contributed by atoms with Crippen LogP contribution in [-0.2, 0) is 25.7 Å². The lowest BCUT2D eigenvalue weighted by Crippen LogP contribution is -2.56. The van der Waals surface area contributed by atoms with E-state index >= 15 is 0 Å². The van der Waals surface area contributed by atoms with Gasteiger partial charge < -0.3 is 34.8 Å². The molecule has 2 saturated heterocycles. The second kappa shape index (κ2) is 17.8. The lowest BCUT2D eigenvalue weighted by Gasteiger charge is -2.40. The lowest BCUT2D eigenvalue weighted by atomic mass is 9.92. The molecule has 2 aliphatic heterocycles. The number of carboxylic acids is 2. The Morgan fingerprint density at radius 3 is 2.29 bits per heavy atom. The first-order valence-corrected chi connectivity index (χ1v) is 15.9. The van der Waals surface area contributed by atoms with Gasteiger partial charge in [0.05, 0.1) is 24.8 Å². The Hall–Kier alpha value is -5.15. The quantitative estimate of drug-likeness (QED) is 0.254. The van der Waals surface area contributed by atoms with Gasteiger partial charge in [0.1, 0.15) is 23.9 Å². The van der Waals surface area contributed by atoms with E-state index in [1.165, 1.54) is 24.3 Å². The van der Waals surface area contributed by atoms with Crippen LogP contribution < -0.4 is 10.1 Å². The van der Waals surface area contributed by atoms with Crippen LogP contribution in [0, 0.1) is 17.7 Å². The Morgan fingerprint density at radius 1 is 1.02 bits per heavy atom. The number of nitrogens with zero attached hydrogens (tertiary/aromatic N) is 5. The topological polar surface area (TPSA) is 176 Å². The minimum absolute atomic E-state index is 0.00514. The van der Waals surface area contributed by atoms with Gasteiger partial charge in [-0.15, -0.1) is 5.10 Å². The maximum Gasteiger partial charge on any atom is 0.328 e. The number of aromatic nitrogens is 3. The maximum absolute atomic E-state index is 14.2. The van der Waals surface area contributed by atoms with Gasteiger partial charge in [-0.25, -0.2) is 18.7 Å². The molecular weight excluding hydrogens is 639 g/mol. The average molecular weight is 681 g/mol. The van der Waals surface area contributed by atoms with Gasteiger partial charge in [-0.05, 0) is 48.7 Å². The Morgan fingerprint density at radius 2 is 1.67 bits per heavy atom. The molecule has 2 aliphatic rings. The standard InChI is InChI=1S/C30H37FN6O4.C4H4O4/c1-21(2)19-36(25-16-22(17-32-18-25)29(38)35-12-14-40-15-13-35)30(39)28-27(20-41-26-10-8-23(31)9-11-26)37(34-33-28)24-6-4-3-5-7-24;5-3(6)1-2-4(7)8/h3-11,21-22,25,32H,12-20H2,1-2H3;1-2H,(H,5,6)(H,7,8)/b;2-1+/t22-,25+;/m1./s1. The van der Waals surface area contributed by atoms with Gasteiger partial charge >= 0.3 is 11.9 Å². The van der Waals surface area contributed by atoms with Gasteiger partial charge in [0, 0.05) is 50.9 Å². The molecule has 2 amide bonds. The summed E-state index contributed by atoms with van der Waals surface area (Å²) in [6.45, 7) is 8.07. The molecule has 2 fully saturated rings. The van der Waals surface area contributed by atoms with Crippen molar-refractivity contribution in [2.24, 2.45) is 11.8 Å². The Kier molecular flexibility index (Phi) is 13.4. The van der Waals surface area contributed by atoms with Gasteiger partial charge in [-0.3, -0.25) is 9.59 Å². The molecule has 14 nitrogen and oxygen atoms in total. The minimum Gasteiger partial charge on any atom is -0.487 e. The third-order valence-corrected chi connectivity index (χ3v) is 7.79. The van der Waals surface area contributed by atoms with Crippen molar-refractivity contribution in [1.29, 1.82) is 0 Å². The zero-order chi connectivity index (χ0) is 35.3. The molecule has 0 bridgehead atoms. The normalized spacial score (nSPS) is 17.7. The number of para-hydroxylation sites is 1. The van der Waals surface area contributed by atoms with E-state index in [2.05, 4.69) is 29.5 Å². The van der Waals surface area contributed by atoms with Crippen LogP contribution in [0.3, 0.4) is 0 Å². The van der Waals surface area contributed by atoms with E-state index in [9.17, 15) is 23.6 Å². The molecule has 0 spiro atoms. The summed E-state index contributed by atoms with van der Waals surface area (Å²) >= 11 is 0. The first-order chi connectivity index (χ1) is 23.5. The number of hydrogen-bond acceptors (Lipinski definition) is 9. The van der Waals surface area contributed by atoms with Crippen molar-refractivity contribution in [3.8, 4) is 11.4 Å². The van der Waals surface area contributed by atoms with E-state index < -0.39 is 11.9 Å². The first-order valence-electron chi connectivity index (χ1n) is 15.9. The molecule has 1 aromatic heterocycles. The van der Waals surface area contributed by atoms with Crippen molar-refractivity contribution in [2.75, 3.05) is 45.9 Å². The summed E-state index contributed by atoms with van der Waals surface area (Å²) in [5.74, 6) is -2.60. The molecule has 49 heavy (non-hydrogen) atoms. The second-order valence-corrected chi connectivity index (χ2v) is 11.9. The summed E-state index contributed by atoms with van der Waals surface area (Å²) in [4.78, 5) is 50.3. The average Bonchev–Trinajstić information content (AvgIpc) is 3.54. The zero-order valence-electron chi connectivity index (χ0n) is 27.4. The van der Waals surface area contributed by atoms with Crippen LogP contribution in [0.2, 0.25) is 0 Å². The summed E-state index contributed by atoms with van der Waals surface area (Å²) in [6.07, 6.45) is 1.68. The van der Waals surface area contributed by atoms with Crippen LogP contribution in [0.25, 0.3) is 5.69 Å². The predicted octanol–water partition coefficient (Wildman–Crippen LogP) is 2.63. The Balaban J connectivity index is 0.000000603. The molecule has 2 aromatic carbocycles. The van der Waals surface area contributed by atoms with E-state index in [0.717, 1.165) is 5.69 Å². The van der Waals surface area contributed by atoms with Gasteiger partial charge in [0.2, 0.25) is 5.91 Å². The molecule has 3 aromatic rings. The number of ether oxygens (including phenoxy) is 2. The number of benzene rings is 2. The van der Waals surface area contributed by atoms with E-state index in [-0.39, 0.29) is 47.8 Å². The number of carbonyl (C=O) groups excluding carboxylic acids is 2. The molecule has 0 unspecified atom stereocenters. The highest BCUT2D eigenvalue weighted by Gasteiger charge is 2.37. The third-order valence-electron chi connectivity index (χ3n) is 7.79. The molecule has 5 rings (SSSR count). The number of nitrogens with one attached hydrogen (secondary N) is 1. The van der Waals surface area contributed by atoms with Crippen LogP contribution in [-0.4, -0.2) is 111 Å². The third kappa shape index (κ3) is 10.7. The maximum atomic E-state index is 14.2. The zero-order valence-corrected chi connectivity index (χ0v) is 27.4. The van der Waals surface area contributed by atoms with Crippen LogP contribution in [0.5, 0.6) is 5.75 Å². The number of piperidine rings is 1. The molecule has 3 N–H and O–H groups in total. The van der Waals surface area contributed by atoms with Gasteiger partial charge in [0.15, 0.2) is 5.69 Å². The van der Waals surface area contributed by atoms with E-state index in [1.807, 2.05) is 40.1 Å². The fraction of sp³-hybridized carbons (Fsp3) is 0.412. The number of amides is 2. The number of morpholine rings is 1. The molecule has 0 aliphatic carbocycles. The first kappa shape index (κ1) is 36.7. The SMILES string of the molecule is CC(C)CN(C(=O)c1nnn(-c2ccccc2)c1COc1ccc(F)cc1)[C@@H]1CNC[C@H](C(=O)N2CCOCC2)C1.O=C(O)/C=C/C(=O)O. The number of aliphatic carboxylic acids is 2. The number of hydrogen-bond donors (Lipinski definition) is 3. The number of carboxylic acid groups (broad SMARTS) is 2. The van der Waals surface area contributed by atoms with E-state index in [1.54, 1.807) is 4.68 Å². The fourth-order valence-electron chi connectivity index (χ4n) is 5.51. The Bertz CT molecular complexity index is 1580. The van der Waals surface area contributed by atoms with Crippen molar-refractivity contribution >= 4 is 23.8 Å². The van der Waals surface area contributed by atoms with Crippen molar-refractivity contribution in [1.82, 2.24) is 30.1 Å². The summed E-state index contributed by atoms with van der Waals surface area (Å²) in [6, 6.07) is 15.0.